The predicted molar refractivity (Wildman–Crippen MR) is 132 cm³/mol. The fourth-order valence-electron chi connectivity index (χ4n) is 3.31. The van der Waals surface area contributed by atoms with Crippen molar-refractivity contribution in [3.05, 3.63) is 67.0 Å². The highest BCUT2D eigenvalue weighted by Crippen LogP contribution is 2.33. The summed E-state index contributed by atoms with van der Waals surface area (Å²) in [7, 11) is 3.14. The number of hydrogen-bond acceptors (Lipinski definition) is 8. The van der Waals surface area contributed by atoms with Gasteiger partial charge in [0.25, 0.3) is 0 Å². The summed E-state index contributed by atoms with van der Waals surface area (Å²) >= 11 is 0. The van der Waals surface area contributed by atoms with Crippen molar-refractivity contribution < 1.29 is 19.1 Å². The maximum atomic E-state index is 12.1. The average molecular weight is 464 g/mol. The first-order chi connectivity index (χ1) is 16.4. The lowest BCUT2D eigenvalue weighted by atomic mass is 10.1. The number of hydrogen-bond donors (Lipinski definition) is 2. The Labute approximate surface area is 198 Å². The van der Waals surface area contributed by atoms with Gasteiger partial charge in [-0.25, -0.2) is 9.97 Å². The molecule has 9 heteroatoms. The molecule has 178 valence electrons. The highest BCUT2D eigenvalue weighted by atomic mass is 16.5. The van der Waals surface area contributed by atoms with Crippen LogP contribution in [0, 0.1) is 0 Å². The monoisotopic (exact) mass is 463 g/mol. The molecule has 1 atom stereocenters. The molecule has 1 heterocycles. The molecule has 2 N–H and O–H groups in total. The van der Waals surface area contributed by atoms with Crippen molar-refractivity contribution in [2.24, 2.45) is 0 Å². The predicted octanol–water partition coefficient (Wildman–Crippen LogP) is 3.41. The Morgan fingerprint density at radius 1 is 1.21 bits per heavy atom. The number of anilines is 2. The van der Waals surface area contributed by atoms with Crippen molar-refractivity contribution in [1.29, 1.82) is 0 Å². The molecule has 0 saturated heterocycles. The first-order valence-electron chi connectivity index (χ1n) is 10.8. The lowest BCUT2D eigenvalue weighted by Crippen LogP contribution is -2.30. The van der Waals surface area contributed by atoms with Crippen molar-refractivity contribution >= 4 is 34.3 Å². The fourth-order valence-corrected chi connectivity index (χ4v) is 3.31. The maximum Gasteiger partial charge on any atom is 0.319 e. The van der Waals surface area contributed by atoms with Gasteiger partial charge in [-0.1, -0.05) is 36.9 Å². The Balaban J connectivity index is 1.85. The number of carbonyl (C=O) groups excluding carboxylic acids is 2. The molecule has 1 amide bonds. The van der Waals surface area contributed by atoms with E-state index in [-0.39, 0.29) is 31.1 Å². The quantitative estimate of drug-likeness (QED) is 0.329. The van der Waals surface area contributed by atoms with E-state index in [2.05, 4.69) is 31.9 Å². The normalized spacial score (nSPS) is 11.6. The van der Waals surface area contributed by atoms with E-state index >= 15 is 0 Å². The van der Waals surface area contributed by atoms with Crippen molar-refractivity contribution in [3.63, 3.8) is 0 Å². The minimum Gasteiger partial charge on any atom is -0.490 e. The molecular formula is C25H29N5O4. The third-order valence-electron chi connectivity index (χ3n) is 5.19. The van der Waals surface area contributed by atoms with Crippen LogP contribution in [-0.2, 0) is 14.3 Å². The van der Waals surface area contributed by atoms with Gasteiger partial charge in [0, 0.05) is 24.0 Å². The van der Waals surface area contributed by atoms with Crippen molar-refractivity contribution in [1.82, 2.24) is 14.9 Å². The minimum absolute atomic E-state index is 0.00629. The van der Waals surface area contributed by atoms with Gasteiger partial charge in [-0.05, 0) is 31.7 Å². The summed E-state index contributed by atoms with van der Waals surface area (Å²) in [6, 6.07) is 13.6. The van der Waals surface area contributed by atoms with Crippen LogP contribution in [-0.4, -0.2) is 60.6 Å². The van der Waals surface area contributed by atoms with Gasteiger partial charge in [-0.15, -0.1) is 0 Å². The van der Waals surface area contributed by atoms with Crippen molar-refractivity contribution in [3.8, 4) is 5.75 Å². The lowest BCUT2D eigenvalue weighted by molar-refractivity contribution is -0.141. The van der Waals surface area contributed by atoms with Crippen LogP contribution in [0.15, 0.2) is 61.4 Å². The average Bonchev–Trinajstić information content (AvgIpc) is 2.84. The largest absolute Gasteiger partial charge is 0.490 e. The molecule has 0 aliphatic rings. The Morgan fingerprint density at radius 2 is 1.97 bits per heavy atom. The second-order valence-corrected chi connectivity index (χ2v) is 7.72. The van der Waals surface area contributed by atoms with Gasteiger partial charge < -0.3 is 20.1 Å². The second kappa shape index (κ2) is 11.8. The van der Waals surface area contributed by atoms with Crippen LogP contribution >= 0.6 is 0 Å². The molecule has 1 unspecified atom stereocenters. The number of likely N-dealkylation sites (N-methyl/N-ethyl adjacent to an activating group) is 1. The molecule has 0 fully saturated rings. The molecule has 3 rings (SSSR count). The number of nitrogens with zero attached hydrogens (tertiary/aromatic N) is 3. The fraction of sp³-hybridized carbons (Fsp3) is 0.280. The van der Waals surface area contributed by atoms with E-state index in [4.69, 9.17) is 4.74 Å². The third-order valence-corrected chi connectivity index (χ3v) is 5.19. The molecule has 0 saturated carbocycles. The lowest BCUT2D eigenvalue weighted by Gasteiger charge is -2.19. The zero-order chi connectivity index (χ0) is 24.5. The molecule has 3 aromatic rings. The Bertz CT molecular complexity index is 1150. The van der Waals surface area contributed by atoms with E-state index in [0.717, 1.165) is 10.9 Å². The summed E-state index contributed by atoms with van der Waals surface area (Å²) in [6.07, 6.45) is 2.68. The van der Waals surface area contributed by atoms with Crippen molar-refractivity contribution in [2.45, 2.75) is 13.0 Å². The molecule has 0 bridgehead atoms. The van der Waals surface area contributed by atoms with Crippen LogP contribution in [0.4, 0.5) is 11.5 Å². The molecule has 2 aromatic carbocycles. The molecule has 34 heavy (non-hydrogen) atoms. The van der Waals surface area contributed by atoms with Crippen LogP contribution in [0.5, 0.6) is 5.75 Å². The maximum absolute atomic E-state index is 12.1. The second-order valence-electron chi connectivity index (χ2n) is 7.72. The SMILES string of the molecule is C=CC(=O)Nc1cc2c(NC(C)c3ccccc3)ncnc2cc1OCCN(C)CC(=O)OC. The summed E-state index contributed by atoms with van der Waals surface area (Å²) in [5.74, 6) is 0.402. The summed E-state index contributed by atoms with van der Waals surface area (Å²) in [5, 5.41) is 6.95. The zero-order valence-corrected chi connectivity index (χ0v) is 19.6. The number of fused-ring (bicyclic) bond motifs is 1. The van der Waals surface area contributed by atoms with E-state index in [0.29, 0.717) is 29.3 Å². The van der Waals surface area contributed by atoms with Gasteiger partial charge in [0.05, 0.1) is 24.9 Å². The highest BCUT2D eigenvalue weighted by molar-refractivity contribution is 6.03. The summed E-state index contributed by atoms with van der Waals surface area (Å²) < 4.78 is 10.6. The first kappa shape index (κ1) is 24.7. The molecule has 0 spiro atoms. The number of carbonyl (C=O) groups is 2. The number of esters is 1. The van der Waals surface area contributed by atoms with Crippen molar-refractivity contribution in [2.75, 3.05) is 44.5 Å². The van der Waals surface area contributed by atoms with E-state index in [9.17, 15) is 9.59 Å². The van der Waals surface area contributed by atoms with Gasteiger partial charge in [0.2, 0.25) is 5.91 Å². The number of nitrogens with one attached hydrogen (secondary N) is 2. The van der Waals surface area contributed by atoms with Gasteiger partial charge in [0.1, 0.15) is 24.5 Å². The number of aromatic nitrogens is 2. The number of benzene rings is 2. The van der Waals surface area contributed by atoms with Crippen LogP contribution in [0.3, 0.4) is 0 Å². The number of ether oxygens (including phenoxy) is 2. The van der Waals surface area contributed by atoms with Crippen LogP contribution in [0.2, 0.25) is 0 Å². The Hall–Kier alpha value is -3.98. The smallest absolute Gasteiger partial charge is 0.319 e. The van der Waals surface area contributed by atoms with Gasteiger partial charge in [-0.2, -0.15) is 0 Å². The van der Waals surface area contributed by atoms with E-state index < -0.39 is 0 Å². The third kappa shape index (κ3) is 6.52. The molecule has 0 aliphatic heterocycles. The topological polar surface area (TPSA) is 106 Å². The van der Waals surface area contributed by atoms with E-state index in [1.165, 1.54) is 19.5 Å². The Kier molecular flexibility index (Phi) is 8.53. The standard InChI is InChI=1S/C25H29N5O4/c1-5-23(31)29-21-13-19-20(14-22(21)34-12-11-30(3)15-24(32)33-4)26-16-27-25(19)28-17(2)18-9-7-6-8-10-18/h5-10,13-14,16-17H,1,11-12,15H2,2-4H3,(H,29,31)(H,26,27,28). The summed E-state index contributed by atoms with van der Waals surface area (Å²) in [4.78, 5) is 34.1. The number of amides is 1. The van der Waals surface area contributed by atoms with Crippen LogP contribution < -0.4 is 15.4 Å². The van der Waals surface area contributed by atoms with Crippen LogP contribution in [0.25, 0.3) is 10.9 Å². The molecule has 0 radical (unpaired) electrons. The summed E-state index contributed by atoms with van der Waals surface area (Å²) in [5.41, 5.74) is 2.25. The molecular weight excluding hydrogens is 434 g/mol. The van der Waals surface area contributed by atoms with Gasteiger partial charge in [0.15, 0.2) is 0 Å². The van der Waals surface area contributed by atoms with Gasteiger partial charge in [-0.3, -0.25) is 14.5 Å². The highest BCUT2D eigenvalue weighted by Gasteiger charge is 2.15. The minimum atomic E-state index is -0.365. The number of methoxy groups -OCH3 is 1. The van der Waals surface area contributed by atoms with E-state index in [1.807, 2.05) is 37.3 Å². The van der Waals surface area contributed by atoms with E-state index in [1.54, 1.807) is 24.1 Å². The van der Waals surface area contributed by atoms with Gasteiger partial charge >= 0.3 is 5.97 Å². The molecule has 0 aliphatic carbocycles. The number of rotatable bonds is 11. The molecule has 9 nitrogen and oxygen atoms in total. The molecule has 1 aromatic heterocycles. The zero-order valence-electron chi connectivity index (χ0n) is 19.6. The summed E-state index contributed by atoms with van der Waals surface area (Å²) in [6.45, 7) is 6.49. The van der Waals surface area contributed by atoms with Crippen LogP contribution in [0.1, 0.15) is 18.5 Å². The first-order valence-corrected chi connectivity index (χ1v) is 10.8. The Morgan fingerprint density at radius 3 is 2.68 bits per heavy atom.